The highest BCUT2D eigenvalue weighted by atomic mass is 16.4. The molecule has 19 heavy (non-hydrogen) atoms. The molecule has 1 fully saturated rings. The van der Waals surface area contributed by atoms with Crippen LogP contribution >= 0.6 is 0 Å². The number of hydrogen-bond acceptors (Lipinski definition) is 3. The van der Waals surface area contributed by atoms with Gasteiger partial charge < -0.3 is 15.5 Å². The zero-order valence-electron chi connectivity index (χ0n) is 11.6. The SMILES string of the molecule is CC(C)CC(NC(=O)C1C(C(=O)O)C1(C)C)C(=O)O. The fourth-order valence-electron chi connectivity index (χ4n) is 2.54. The third-order valence-electron chi connectivity index (χ3n) is 3.70. The van der Waals surface area contributed by atoms with Gasteiger partial charge in [0.05, 0.1) is 11.8 Å². The molecule has 0 aromatic heterocycles. The Balaban J connectivity index is 2.69. The van der Waals surface area contributed by atoms with Crippen LogP contribution in [0.3, 0.4) is 0 Å². The second kappa shape index (κ2) is 5.19. The van der Waals surface area contributed by atoms with Gasteiger partial charge in [-0.05, 0) is 17.8 Å². The van der Waals surface area contributed by atoms with Crippen LogP contribution in [0.4, 0.5) is 0 Å². The summed E-state index contributed by atoms with van der Waals surface area (Å²) < 4.78 is 0. The van der Waals surface area contributed by atoms with E-state index in [1.54, 1.807) is 13.8 Å². The highest BCUT2D eigenvalue weighted by Crippen LogP contribution is 2.58. The molecule has 1 rings (SSSR count). The van der Waals surface area contributed by atoms with E-state index in [9.17, 15) is 14.4 Å². The summed E-state index contributed by atoms with van der Waals surface area (Å²) in [6.45, 7) is 7.13. The second-order valence-electron chi connectivity index (χ2n) is 6.14. The van der Waals surface area contributed by atoms with E-state index in [1.807, 2.05) is 13.8 Å². The van der Waals surface area contributed by atoms with E-state index in [0.717, 1.165) is 0 Å². The summed E-state index contributed by atoms with van der Waals surface area (Å²) in [6, 6.07) is -0.960. The second-order valence-corrected chi connectivity index (χ2v) is 6.14. The largest absolute Gasteiger partial charge is 0.481 e. The molecule has 0 heterocycles. The molecule has 1 amide bonds. The van der Waals surface area contributed by atoms with Gasteiger partial charge in [0, 0.05) is 0 Å². The van der Waals surface area contributed by atoms with E-state index in [1.165, 1.54) is 0 Å². The van der Waals surface area contributed by atoms with Gasteiger partial charge in [-0.1, -0.05) is 27.7 Å². The lowest BCUT2D eigenvalue weighted by atomic mass is 10.0. The number of carbonyl (C=O) groups is 3. The summed E-state index contributed by atoms with van der Waals surface area (Å²) in [5.41, 5.74) is -0.614. The van der Waals surface area contributed by atoms with Gasteiger partial charge in [-0.15, -0.1) is 0 Å². The van der Waals surface area contributed by atoms with Crippen LogP contribution in [0.2, 0.25) is 0 Å². The van der Waals surface area contributed by atoms with Crippen LogP contribution in [0.15, 0.2) is 0 Å². The summed E-state index contributed by atoms with van der Waals surface area (Å²) >= 11 is 0. The van der Waals surface area contributed by atoms with Crippen molar-refractivity contribution in [3.63, 3.8) is 0 Å². The molecule has 0 aromatic carbocycles. The molecular formula is C13H21NO5. The Bertz CT molecular complexity index is 402. The van der Waals surface area contributed by atoms with E-state index in [4.69, 9.17) is 10.2 Å². The van der Waals surface area contributed by atoms with E-state index in [-0.39, 0.29) is 5.92 Å². The zero-order valence-corrected chi connectivity index (χ0v) is 11.6. The summed E-state index contributed by atoms with van der Waals surface area (Å²) in [5.74, 6) is -3.84. The molecule has 108 valence electrons. The topological polar surface area (TPSA) is 104 Å². The van der Waals surface area contributed by atoms with Crippen LogP contribution in [-0.2, 0) is 14.4 Å². The summed E-state index contributed by atoms with van der Waals surface area (Å²) in [4.78, 5) is 34.0. The lowest BCUT2D eigenvalue weighted by molar-refractivity contribution is -0.143. The van der Waals surface area contributed by atoms with Crippen molar-refractivity contribution in [2.45, 2.75) is 40.2 Å². The molecule has 3 N–H and O–H groups in total. The predicted octanol–water partition coefficient (Wildman–Crippen LogP) is 0.959. The molecule has 0 saturated heterocycles. The van der Waals surface area contributed by atoms with Crippen molar-refractivity contribution in [3.05, 3.63) is 0 Å². The molecule has 3 atom stereocenters. The molecule has 1 aliphatic carbocycles. The lowest BCUT2D eigenvalue weighted by Gasteiger charge is -2.16. The first kappa shape index (κ1) is 15.5. The predicted molar refractivity (Wildman–Crippen MR) is 67.4 cm³/mol. The van der Waals surface area contributed by atoms with E-state index >= 15 is 0 Å². The summed E-state index contributed by atoms with van der Waals surface area (Å²) in [5, 5.41) is 20.5. The number of aliphatic carboxylic acids is 2. The van der Waals surface area contributed by atoms with Crippen molar-refractivity contribution in [1.82, 2.24) is 5.32 Å². The third kappa shape index (κ3) is 3.24. The lowest BCUT2D eigenvalue weighted by Crippen LogP contribution is -2.43. The van der Waals surface area contributed by atoms with Crippen molar-refractivity contribution in [2.75, 3.05) is 0 Å². The Labute approximate surface area is 112 Å². The van der Waals surface area contributed by atoms with Gasteiger partial charge in [0.1, 0.15) is 6.04 Å². The Kier molecular flexibility index (Phi) is 4.22. The van der Waals surface area contributed by atoms with Gasteiger partial charge in [-0.25, -0.2) is 4.79 Å². The van der Waals surface area contributed by atoms with Gasteiger partial charge in [-0.2, -0.15) is 0 Å². The molecule has 6 heteroatoms. The van der Waals surface area contributed by atoms with Gasteiger partial charge >= 0.3 is 11.9 Å². The molecule has 0 aliphatic heterocycles. The van der Waals surface area contributed by atoms with Gasteiger partial charge in [0.2, 0.25) is 5.91 Å². The average Bonchev–Trinajstić information content (AvgIpc) is 2.79. The Hall–Kier alpha value is -1.59. The summed E-state index contributed by atoms with van der Waals surface area (Å²) in [6.07, 6.45) is 0.325. The minimum absolute atomic E-state index is 0.129. The molecule has 6 nitrogen and oxygen atoms in total. The van der Waals surface area contributed by atoms with Crippen molar-refractivity contribution in [1.29, 1.82) is 0 Å². The average molecular weight is 271 g/mol. The number of carboxylic acids is 2. The number of carboxylic acid groups (broad SMARTS) is 2. The number of nitrogens with one attached hydrogen (secondary N) is 1. The van der Waals surface area contributed by atoms with Crippen LogP contribution < -0.4 is 5.32 Å². The molecule has 0 aromatic rings. The van der Waals surface area contributed by atoms with Crippen LogP contribution in [-0.4, -0.2) is 34.1 Å². The Morgan fingerprint density at radius 2 is 1.68 bits per heavy atom. The first-order valence-corrected chi connectivity index (χ1v) is 6.35. The highest BCUT2D eigenvalue weighted by molar-refractivity contribution is 5.93. The van der Waals surface area contributed by atoms with Crippen molar-refractivity contribution in [3.8, 4) is 0 Å². The van der Waals surface area contributed by atoms with Gasteiger partial charge in [0.15, 0.2) is 0 Å². The maximum absolute atomic E-state index is 12.0. The van der Waals surface area contributed by atoms with Crippen molar-refractivity contribution in [2.24, 2.45) is 23.2 Å². The monoisotopic (exact) mass is 271 g/mol. The number of amides is 1. The quantitative estimate of drug-likeness (QED) is 0.667. The number of rotatable bonds is 6. The fraction of sp³-hybridized carbons (Fsp3) is 0.769. The molecular weight excluding hydrogens is 250 g/mol. The van der Waals surface area contributed by atoms with Crippen molar-refractivity contribution < 1.29 is 24.6 Å². The standard InChI is InChI=1S/C13H21NO5/c1-6(2)5-7(11(16)17)14-10(15)8-9(12(18)19)13(8,3)4/h6-9H,5H2,1-4H3,(H,14,15)(H,16,17)(H,18,19). The Morgan fingerprint density at radius 3 is 2.00 bits per heavy atom. The smallest absolute Gasteiger partial charge is 0.326 e. The van der Waals surface area contributed by atoms with Crippen LogP contribution in [0.5, 0.6) is 0 Å². The molecule has 0 spiro atoms. The fourth-order valence-corrected chi connectivity index (χ4v) is 2.54. The van der Waals surface area contributed by atoms with E-state index in [2.05, 4.69) is 5.32 Å². The van der Waals surface area contributed by atoms with Crippen LogP contribution in [0, 0.1) is 23.2 Å². The summed E-state index contributed by atoms with van der Waals surface area (Å²) in [7, 11) is 0. The van der Waals surface area contributed by atoms with Crippen LogP contribution in [0.1, 0.15) is 34.1 Å². The number of carbonyl (C=O) groups excluding carboxylic acids is 1. The molecule has 1 aliphatic rings. The van der Waals surface area contributed by atoms with E-state index in [0.29, 0.717) is 6.42 Å². The molecule has 0 bridgehead atoms. The Morgan fingerprint density at radius 1 is 1.16 bits per heavy atom. The molecule has 3 unspecified atom stereocenters. The first-order chi connectivity index (χ1) is 8.59. The first-order valence-electron chi connectivity index (χ1n) is 6.35. The van der Waals surface area contributed by atoms with Gasteiger partial charge in [0.25, 0.3) is 0 Å². The van der Waals surface area contributed by atoms with E-state index < -0.39 is 41.1 Å². The molecule has 0 radical (unpaired) electrons. The maximum Gasteiger partial charge on any atom is 0.326 e. The van der Waals surface area contributed by atoms with Crippen LogP contribution in [0.25, 0.3) is 0 Å². The number of hydrogen-bond donors (Lipinski definition) is 3. The minimum atomic E-state index is -1.09. The highest BCUT2D eigenvalue weighted by Gasteiger charge is 2.66. The normalized spacial score (nSPS) is 25.7. The third-order valence-corrected chi connectivity index (χ3v) is 3.70. The minimum Gasteiger partial charge on any atom is -0.481 e. The zero-order chi connectivity index (χ0) is 15.0. The molecule has 1 saturated carbocycles. The van der Waals surface area contributed by atoms with Gasteiger partial charge in [-0.3, -0.25) is 9.59 Å². The maximum atomic E-state index is 12.0. The van der Waals surface area contributed by atoms with Crippen molar-refractivity contribution >= 4 is 17.8 Å².